The van der Waals surface area contributed by atoms with Gasteiger partial charge in [0.25, 0.3) is 0 Å². The minimum atomic E-state index is -4.91. The zero-order valence-corrected chi connectivity index (χ0v) is 17.3. The Bertz CT molecular complexity index is 1120. The van der Waals surface area contributed by atoms with E-state index >= 15 is 0 Å². The van der Waals surface area contributed by atoms with E-state index in [4.69, 9.17) is 0 Å². The fourth-order valence-electron chi connectivity index (χ4n) is 3.17. The third kappa shape index (κ3) is 5.88. The second kappa shape index (κ2) is 10.0. The molecule has 4 nitrogen and oxygen atoms in total. The minimum absolute atomic E-state index is 0.0226. The fraction of sp³-hybridized carbons (Fsp3) is 0.261. The van der Waals surface area contributed by atoms with Crippen molar-refractivity contribution in [2.75, 3.05) is 6.54 Å². The van der Waals surface area contributed by atoms with Crippen molar-refractivity contribution in [2.45, 2.75) is 31.7 Å². The summed E-state index contributed by atoms with van der Waals surface area (Å²) in [6, 6.07) is 6.02. The molecule has 0 bridgehead atoms. The van der Waals surface area contributed by atoms with Crippen molar-refractivity contribution < 1.29 is 31.1 Å². The Hall–Kier alpha value is -3.43. The van der Waals surface area contributed by atoms with Crippen molar-refractivity contribution >= 4 is 24.3 Å². The van der Waals surface area contributed by atoms with Crippen LogP contribution in [0.4, 0.5) is 26.3 Å². The van der Waals surface area contributed by atoms with Crippen LogP contribution in [0.2, 0.25) is 0 Å². The maximum atomic E-state index is 14.9. The van der Waals surface area contributed by atoms with E-state index in [0.29, 0.717) is 31.4 Å². The quantitative estimate of drug-likeness (QED) is 0.322. The number of halogens is 6. The molecular formula is C23H19F6N3O. The summed E-state index contributed by atoms with van der Waals surface area (Å²) in [7, 11) is 0. The number of hydrogen-bond acceptors (Lipinski definition) is 4. The molecule has 2 atom stereocenters. The molecule has 2 unspecified atom stereocenters. The van der Waals surface area contributed by atoms with Gasteiger partial charge >= 0.3 is 6.18 Å². The molecule has 33 heavy (non-hydrogen) atoms. The van der Waals surface area contributed by atoms with E-state index in [1.807, 2.05) is 0 Å². The van der Waals surface area contributed by atoms with E-state index in [9.17, 15) is 31.1 Å². The number of rotatable bonds is 6. The van der Waals surface area contributed by atoms with Gasteiger partial charge < -0.3 is 5.32 Å². The van der Waals surface area contributed by atoms with Crippen LogP contribution in [0.1, 0.15) is 51.2 Å². The third-order valence-corrected chi connectivity index (χ3v) is 4.97. The lowest BCUT2D eigenvalue weighted by Gasteiger charge is -2.19. The summed E-state index contributed by atoms with van der Waals surface area (Å²) in [5.41, 5.74) is -1.13. The number of nitrogens with zero attached hydrogens (tertiary/aromatic N) is 2. The molecule has 1 heterocycles. The van der Waals surface area contributed by atoms with E-state index in [1.165, 1.54) is 19.2 Å². The molecule has 2 aromatic carbocycles. The van der Waals surface area contributed by atoms with Gasteiger partial charge in [0, 0.05) is 35.9 Å². The molecule has 0 aromatic heterocycles. The van der Waals surface area contributed by atoms with Crippen LogP contribution in [0.3, 0.4) is 0 Å². The first-order valence-electron chi connectivity index (χ1n) is 9.87. The summed E-state index contributed by atoms with van der Waals surface area (Å²) in [5.74, 6) is -4.62. The van der Waals surface area contributed by atoms with Gasteiger partial charge in [-0.25, -0.2) is 18.2 Å². The van der Waals surface area contributed by atoms with Crippen molar-refractivity contribution in [3.8, 4) is 0 Å². The molecule has 3 rings (SSSR count). The molecule has 10 heteroatoms. The van der Waals surface area contributed by atoms with E-state index in [1.54, 1.807) is 0 Å². The predicted octanol–water partition coefficient (Wildman–Crippen LogP) is 5.99. The summed E-state index contributed by atoms with van der Waals surface area (Å²) < 4.78 is 84.4. The molecule has 2 aromatic rings. The zero-order valence-electron chi connectivity index (χ0n) is 17.3. The standard InChI is InChI=1S/C23H19F6N3O/c1-13-3-4-14(10-19(13)24)18(23(27,28)29)11-20(25)15-5-6-16(12-33)17(9-15)21(26)32-22-30-7-2-8-31-22/h3-7,9-12,18,21H,2,8H2,1H3,(H,31,32)/b20-11-. The van der Waals surface area contributed by atoms with Crippen LogP contribution < -0.4 is 5.32 Å². The van der Waals surface area contributed by atoms with Crippen molar-refractivity contribution in [2.24, 2.45) is 9.98 Å². The smallest absolute Gasteiger partial charge is 0.321 e. The first kappa shape index (κ1) is 24.2. The highest BCUT2D eigenvalue weighted by molar-refractivity contribution is 5.90. The van der Waals surface area contributed by atoms with Crippen LogP contribution in [-0.4, -0.2) is 31.2 Å². The number of alkyl halides is 4. The predicted molar refractivity (Wildman–Crippen MR) is 113 cm³/mol. The van der Waals surface area contributed by atoms with Crippen LogP contribution in [0.25, 0.3) is 5.83 Å². The number of nitrogens with one attached hydrogen (secondary N) is 1. The molecule has 0 spiro atoms. The summed E-state index contributed by atoms with van der Waals surface area (Å²) in [6.07, 6.45) is -4.19. The van der Waals surface area contributed by atoms with Gasteiger partial charge in [-0.05, 0) is 36.3 Å². The third-order valence-electron chi connectivity index (χ3n) is 4.97. The number of guanidine groups is 1. The van der Waals surface area contributed by atoms with Crippen molar-refractivity contribution in [3.63, 3.8) is 0 Å². The van der Waals surface area contributed by atoms with Crippen LogP contribution >= 0.6 is 0 Å². The second-order valence-electron chi connectivity index (χ2n) is 7.32. The highest BCUT2D eigenvalue weighted by Crippen LogP contribution is 2.39. The van der Waals surface area contributed by atoms with Gasteiger partial charge in [-0.2, -0.15) is 13.2 Å². The lowest BCUT2D eigenvalue weighted by molar-refractivity contribution is -0.139. The van der Waals surface area contributed by atoms with Crippen LogP contribution in [0.15, 0.2) is 52.5 Å². The number of allylic oxidation sites excluding steroid dienone is 1. The number of aldehydes is 1. The average Bonchev–Trinajstić information content (AvgIpc) is 2.78. The Morgan fingerprint density at radius 3 is 2.55 bits per heavy atom. The second-order valence-corrected chi connectivity index (χ2v) is 7.32. The molecule has 1 aliphatic rings. The lowest BCUT2D eigenvalue weighted by atomic mass is 9.95. The maximum Gasteiger partial charge on any atom is 0.399 e. The van der Waals surface area contributed by atoms with Crippen molar-refractivity contribution in [1.29, 1.82) is 0 Å². The number of aryl methyl sites for hydroxylation is 1. The van der Waals surface area contributed by atoms with E-state index in [-0.39, 0.29) is 28.2 Å². The van der Waals surface area contributed by atoms with Gasteiger partial charge in [-0.15, -0.1) is 0 Å². The van der Waals surface area contributed by atoms with Gasteiger partial charge in [-0.3, -0.25) is 9.79 Å². The number of benzene rings is 2. The molecule has 1 aliphatic heterocycles. The van der Waals surface area contributed by atoms with Crippen molar-refractivity contribution in [1.82, 2.24) is 5.32 Å². The first-order valence-corrected chi connectivity index (χ1v) is 9.87. The Balaban J connectivity index is 1.97. The highest BCUT2D eigenvalue weighted by atomic mass is 19.4. The molecule has 1 N–H and O–H groups in total. The van der Waals surface area contributed by atoms with Gasteiger partial charge in [0.1, 0.15) is 17.6 Å². The molecule has 0 amide bonds. The summed E-state index contributed by atoms with van der Waals surface area (Å²) in [5, 5.41) is 2.34. The fourth-order valence-corrected chi connectivity index (χ4v) is 3.17. The average molecular weight is 467 g/mol. The van der Waals surface area contributed by atoms with Gasteiger partial charge in [0.05, 0.1) is 0 Å². The molecule has 0 saturated heterocycles. The van der Waals surface area contributed by atoms with E-state index < -0.39 is 35.6 Å². The topological polar surface area (TPSA) is 53.8 Å². The Morgan fingerprint density at radius 2 is 1.94 bits per heavy atom. The maximum absolute atomic E-state index is 14.9. The molecule has 0 aliphatic carbocycles. The Morgan fingerprint density at radius 1 is 1.18 bits per heavy atom. The normalized spacial score (nSPS) is 16.2. The molecule has 174 valence electrons. The Kier molecular flexibility index (Phi) is 7.35. The van der Waals surface area contributed by atoms with Crippen LogP contribution in [0.5, 0.6) is 0 Å². The first-order chi connectivity index (χ1) is 15.6. The van der Waals surface area contributed by atoms with Gasteiger partial charge in [0.2, 0.25) is 5.96 Å². The number of hydrogen-bond donors (Lipinski definition) is 1. The molecule has 0 saturated carbocycles. The Labute approximate surface area is 185 Å². The number of carbonyl (C=O) groups is 1. The molecule has 0 fully saturated rings. The molecular weight excluding hydrogens is 448 g/mol. The monoisotopic (exact) mass is 467 g/mol. The summed E-state index contributed by atoms with van der Waals surface area (Å²) in [6.45, 7) is 1.77. The van der Waals surface area contributed by atoms with Gasteiger partial charge in [0.15, 0.2) is 12.6 Å². The van der Waals surface area contributed by atoms with E-state index in [2.05, 4.69) is 15.3 Å². The number of aliphatic imine (C=N–C) groups is 2. The SMILES string of the molecule is Cc1ccc(C(/C=C(\F)c2ccc(C=O)c(C(F)NC3=NCCC=N3)c2)C(F)(F)F)cc1F. The largest absolute Gasteiger partial charge is 0.399 e. The number of carbonyl (C=O) groups excluding carboxylic acids is 1. The van der Waals surface area contributed by atoms with E-state index in [0.717, 1.165) is 24.3 Å². The van der Waals surface area contributed by atoms with Crippen LogP contribution in [0, 0.1) is 12.7 Å². The highest BCUT2D eigenvalue weighted by Gasteiger charge is 2.40. The van der Waals surface area contributed by atoms with Crippen LogP contribution in [-0.2, 0) is 0 Å². The summed E-state index contributed by atoms with van der Waals surface area (Å²) >= 11 is 0. The van der Waals surface area contributed by atoms with Gasteiger partial charge in [-0.1, -0.05) is 24.3 Å². The minimum Gasteiger partial charge on any atom is -0.321 e. The molecule has 0 radical (unpaired) electrons. The zero-order chi connectivity index (χ0) is 24.2. The summed E-state index contributed by atoms with van der Waals surface area (Å²) in [4.78, 5) is 19.1. The van der Waals surface area contributed by atoms with Crippen molar-refractivity contribution in [3.05, 3.63) is 76.1 Å². The lowest BCUT2D eigenvalue weighted by Crippen LogP contribution is -2.27.